The first-order valence-electron chi connectivity index (χ1n) is 8.46. The monoisotopic (exact) mass is 308 g/mol. The van der Waals surface area contributed by atoms with E-state index in [2.05, 4.69) is 36.6 Å². The number of ether oxygens (including phenoxy) is 1. The number of aryl methyl sites for hydroxylation is 1. The Balaban J connectivity index is 1.90. The minimum atomic E-state index is -0.0774. The number of aromatic nitrogens is 2. The van der Waals surface area contributed by atoms with Crippen LogP contribution in [-0.4, -0.2) is 9.55 Å². The number of fused-ring (bicyclic) bond motifs is 1. The second-order valence-electron chi connectivity index (χ2n) is 5.89. The van der Waals surface area contributed by atoms with Gasteiger partial charge in [0.2, 0.25) is 0 Å². The van der Waals surface area contributed by atoms with Crippen LogP contribution in [0.4, 0.5) is 0 Å². The lowest BCUT2D eigenvalue weighted by atomic mass is 10.2. The number of imidazole rings is 1. The molecule has 1 heterocycles. The molecule has 0 bridgehead atoms. The van der Waals surface area contributed by atoms with E-state index in [-0.39, 0.29) is 6.10 Å². The average Bonchev–Trinajstić information content (AvgIpc) is 2.95. The lowest BCUT2D eigenvalue weighted by Crippen LogP contribution is -2.12. The lowest BCUT2D eigenvalue weighted by Gasteiger charge is -2.16. The standard InChI is InChI=1S/C20H24N2O/c1-3-4-10-15-22-19-14-9-8-13-18(19)21-20(22)16(2)23-17-11-6-5-7-12-17/h5-9,11-14,16H,3-4,10,15H2,1-2H3. The van der Waals surface area contributed by atoms with Crippen LogP contribution < -0.4 is 4.74 Å². The van der Waals surface area contributed by atoms with Crippen LogP contribution >= 0.6 is 0 Å². The van der Waals surface area contributed by atoms with Crippen LogP contribution in [0.2, 0.25) is 0 Å². The van der Waals surface area contributed by atoms with Crippen molar-refractivity contribution in [1.82, 2.24) is 9.55 Å². The molecule has 3 aromatic rings. The van der Waals surface area contributed by atoms with E-state index in [9.17, 15) is 0 Å². The minimum absolute atomic E-state index is 0.0774. The van der Waals surface area contributed by atoms with Crippen LogP contribution in [0.15, 0.2) is 54.6 Å². The van der Waals surface area contributed by atoms with Crippen LogP contribution in [0.3, 0.4) is 0 Å². The molecule has 1 atom stereocenters. The van der Waals surface area contributed by atoms with Gasteiger partial charge in [-0.25, -0.2) is 4.98 Å². The third-order valence-corrected chi connectivity index (χ3v) is 4.09. The van der Waals surface area contributed by atoms with E-state index < -0.39 is 0 Å². The highest BCUT2D eigenvalue weighted by Gasteiger charge is 2.17. The van der Waals surface area contributed by atoms with E-state index in [4.69, 9.17) is 9.72 Å². The Morgan fingerprint density at radius 2 is 1.74 bits per heavy atom. The van der Waals surface area contributed by atoms with Gasteiger partial charge in [-0.2, -0.15) is 0 Å². The van der Waals surface area contributed by atoms with Crippen molar-refractivity contribution < 1.29 is 4.74 Å². The molecule has 0 N–H and O–H groups in total. The number of rotatable bonds is 7. The maximum Gasteiger partial charge on any atom is 0.153 e. The fourth-order valence-corrected chi connectivity index (χ4v) is 2.92. The van der Waals surface area contributed by atoms with Crippen LogP contribution in [-0.2, 0) is 6.54 Å². The molecule has 0 saturated carbocycles. The number of hydrogen-bond acceptors (Lipinski definition) is 2. The molecule has 120 valence electrons. The summed E-state index contributed by atoms with van der Waals surface area (Å²) >= 11 is 0. The van der Waals surface area contributed by atoms with Gasteiger partial charge in [0.25, 0.3) is 0 Å². The highest BCUT2D eigenvalue weighted by atomic mass is 16.5. The number of unbranched alkanes of at least 4 members (excludes halogenated alkanes) is 2. The molecule has 0 amide bonds. The average molecular weight is 308 g/mol. The zero-order chi connectivity index (χ0) is 16.1. The second-order valence-corrected chi connectivity index (χ2v) is 5.89. The molecule has 23 heavy (non-hydrogen) atoms. The minimum Gasteiger partial charge on any atom is -0.483 e. The van der Waals surface area contributed by atoms with Gasteiger partial charge >= 0.3 is 0 Å². The van der Waals surface area contributed by atoms with Crippen LogP contribution in [0.5, 0.6) is 5.75 Å². The molecule has 0 aliphatic heterocycles. The highest BCUT2D eigenvalue weighted by Crippen LogP contribution is 2.25. The molecule has 0 spiro atoms. The fourth-order valence-electron chi connectivity index (χ4n) is 2.92. The van der Waals surface area contributed by atoms with Gasteiger partial charge in [0.15, 0.2) is 11.9 Å². The SMILES string of the molecule is CCCCCn1c(C(C)Oc2ccccc2)nc2ccccc21. The quantitative estimate of drug-likeness (QED) is 0.549. The molecule has 1 unspecified atom stereocenters. The van der Waals surface area contributed by atoms with E-state index in [0.29, 0.717) is 0 Å². The summed E-state index contributed by atoms with van der Waals surface area (Å²) in [6, 6.07) is 18.3. The van der Waals surface area contributed by atoms with Crippen molar-refractivity contribution in [3.05, 3.63) is 60.4 Å². The maximum absolute atomic E-state index is 6.09. The normalized spacial score (nSPS) is 12.4. The molecule has 0 saturated heterocycles. The number of para-hydroxylation sites is 3. The first kappa shape index (κ1) is 15.6. The molecule has 0 aliphatic carbocycles. The van der Waals surface area contributed by atoms with E-state index in [1.807, 2.05) is 36.4 Å². The van der Waals surface area contributed by atoms with E-state index in [1.165, 1.54) is 24.8 Å². The van der Waals surface area contributed by atoms with E-state index in [1.54, 1.807) is 0 Å². The number of benzene rings is 2. The van der Waals surface area contributed by atoms with Gasteiger partial charge in [0, 0.05) is 6.54 Å². The zero-order valence-corrected chi connectivity index (χ0v) is 13.9. The molecule has 3 nitrogen and oxygen atoms in total. The number of nitrogens with zero attached hydrogens (tertiary/aromatic N) is 2. The summed E-state index contributed by atoms with van der Waals surface area (Å²) in [5, 5.41) is 0. The predicted molar refractivity (Wildman–Crippen MR) is 94.7 cm³/mol. The van der Waals surface area contributed by atoms with Crippen LogP contribution in [0.25, 0.3) is 11.0 Å². The Labute approximate surface area is 137 Å². The van der Waals surface area contributed by atoms with Gasteiger partial charge in [-0.15, -0.1) is 0 Å². The maximum atomic E-state index is 6.09. The van der Waals surface area contributed by atoms with Gasteiger partial charge in [0.05, 0.1) is 11.0 Å². The van der Waals surface area contributed by atoms with Gasteiger partial charge in [-0.3, -0.25) is 0 Å². The van der Waals surface area contributed by atoms with Gasteiger partial charge in [-0.1, -0.05) is 50.1 Å². The molecule has 1 aromatic heterocycles. The fraction of sp³-hybridized carbons (Fsp3) is 0.350. The van der Waals surface area contributed by atoms with Crippen LogP contribution in [0.1, 0.15) is 45.0 Å². The summed E-state index contributed by atoms with van der Waals surface area (Å²) in [7, 11) is 0. The molecule has 0 fully saturated rings. The smallest absolute Gasteiger partial charge is 0.153 e. The molecule has 0 aliphatic rings. The van der Waals surface area contributed by atoms with Crippen molar-refractivity contribution in [2.45, 2.75) is 45.8 Å². The van der Waals surface area contributed by atoms with E-state index >= 15 is 0 Å². The largest absolute Gasteiger partial charge is 0.483 e. The second kappa shape index (κ2) is 7.32. The van der Waals surface area contributed by atoms with Crippen LogP contribution in [0, 0.1) is 0 Å². The third kappa shape index (κ3) is 3.55. The first-order chi connectivity index (χ1) is 11.3. The van der Waals surface area contributed by atoms with Crippen molar-refractivity contribution in [1.29, 1.82) is 0 Å². The van der Waals surface area contributed by atoms with Gasteiger partial charge < -0.3 is 9.30 Å². The Morgan fingerprint density at radius 1 is 1.00 bits per heavy atom. The molecule has 3 heteroatoms. The Hall–Kier alpha value is -2.29. The summed E-state index contributed by atoms with van der Waals surface area (Å²) in [5.74, 6) is 1.89. The molecular formula is C20H24N2O. The van der Waals surface area contributed by atoms with Gasteiger partial charge in [-0.05, 0) is 37.6 Å². The van der Waals surface area contributed by atoms with Crippen molar-refractivity contribution >= 4 is 11.0 Å². The summed E-state index contributed by atoms with van der Waals surface area (Å²) in [6.45, 7) is 5.30. The molecule has 0 radical (unpaired) electrons. The van der Waals surface area contributed by atoms with Crippen molar-refractivity contribution in [3.8, 4) is 5.75 Å². The van der Waals surface area contributed by atoms with Crippen molar-refractivity contribution in [2.24, 2.45) is 0 Å². The molecule has 3 rings (SSSR count). The first-order valence-corrected chi connectivity index (χ1v) is 8.46. The topological polar surface area (TPSA) is 27.1 Å². The highest BCUT2D eigenvalue weighted by molar-refractivity contribution is 5.76. The third-order valence-electron chi connectivity index (χ3n) is 4.09. The molecular weight excluding hydrogens is 284 g/mol. The zero-order valence-electron chi connectivity index (χ0n) is 13.9. The summed E-state index contributed by atoms with van der Waals surface area (Å²) in [4.78, 5) is 4.83. The Kier molecular flexibility index (Phi) is 4.96. The number of hydrogen-bond donors (Lipinski definition) is 0. The lowest BCUT2D eigenvalue weighted by molar-refractivity contribution is 0.211. The predicted octanol–water partition coefficient (Wildman–Crippen LogP) is 5.37. The Morgan fingerprint density at radius 3 is 2.52 bits per heavy atom. The molecule has 2 aromatic carbocycles. The summed E-state index contributed by atoms with van der Waals surface area (Å²) in [6.07, 6.45) is 3.55. The van der Waals surface area contributed by atoms with Crippen molar-refractivity contribution in [2.75, 3.05) is 0 Å². The summed E-state index contributed by atoms with van der Waals surface area (Å²) in [5.41, 5.74) is 2.24. The van der Waals surface area contributed by atoms with Crippen molar-refractivity contribution in [3.63, 3.8) is 0 Å². The van der Waals surface area contributed by atoms with E-state index in [0.717, 1.165) is 23.6 Å². The summed E-state index contributed by atoms with van der Waals surface area (Å²) < 4.78 is 8.41. The Bertz CT molecular complexity index is 749. The van der Waals surface area contributed by atoms with Gasteiger partial charge in [0.1, 0.15) is 5.75 Å².